The maximum Gasteiger partial charge on any atom is 0.159 e. The molecule has 1 atom stereocenters. The molecule has 346 valence electrons. The van der Waals surface area contributed by atoms with Crippen molar-refractivity contribution in [3.05, 3.63) is 241 Å². The predicted octanol–water partition coefficient (Wildman–Crippen LogP) is 20.2. The number of hydrogen-bond donors (Lipinski definition) is 0. The van der Waals surface area contributed by atoms with Crippen molar-refractivity contribution in [3.8, 4) is 22.3 Å². The van der Waals surface area contributed by atoms with E-state index in [0.717, 1.165) is 94.7 Å². The third-order valence-electron chi connectivity index (χ3n) is 15.8. The number of para-hydroxylation sites is 6. The molecule has 0 spiro atoms. The van der Waals surface area contributed by atoms with E-state index < -0.39 is 0 Å². The van der Waals surface area contributed by atoms with Gasteiger partial charge in [0.2, 0.25) is 0 Å². The van der Waals surface area contributed by atoms with Crippen molar-refractivity contribution < 1.29 is 8.83 Å². The van der Waals surface area contributed by atoms with Crippen LogP contribution in [0.3, 0.4) is 0 Å². The first-order valence-electron chi connectivity index (χ1n) is 25.5. The van der Waals surface area contributed by atoms with E-state index in [9.17, 15) is 0 Å². The molecule has 0 N–H and O–H groups in total. The Morgan fingerprint density at radius 1 is 0.397 bits per heavy atom. The van der Waals surface area contributed by atoms with E-state index in [1.54, 1.807) is 0 Å². The van der Waals surface area contributed by atoms with Crippen molar-refractivity contribution in [1.82, 2.24) is 0 Å². The lowest BCUT2D eigenvalue weighted by Gasteiger charge is -2.33. The van der Waals surface area contributed by atoms with Crippen LogP contribution in [0, 0.1) is 0 Å². The molecule has 14 aromatic rings. The number of anilines is 6. The molecular weight excluding hydrogens is 889 g/mol. The van der Waals surface area contributed by atoms with Crippen LogP contribution in [0.2, 0.25) is 0 Å². The standard InChI is InChI=1S/C69H48N2O2/c1-41(2)56-39-62(70(58-28-11-7-22-46(58)43-18-5-4-6-19-43)60-30-16-26-52-48-24-9-13-32-64(48)72-68(52)60)54-37-35-51-57-40-63(55-36-34-50(56)66(54)67(51)55)71(61-31-17-27-53-49-25-10-14-33-65(49)73-69(53)61)59-29-12-8-23-47(59)45-21-15-20-44(38-45)42(57)3/h4-42H,1-3H3. The number of fused-ring (bicyclic) bond motifs is 14. The summed E-state index contributed by atoms with van der Waals surface area (Å²) in [6, 6.07) is 82.3. The van der Waals surface area contributed by atoms with E-state index in [2.05, 4.69) is 255 Å². The Morgan fingerprint density at radius 3 is 1.78 bits per heavy atom. The summed E-state index contributed by atoms with van der Waals surface area (Å²) in [5.74, 6) is 0.276. The summed E-state index contributed by atoms with van der Waals surface area (Å²) in [4.78, 5) is 4.99. The third-order valence-corrected chi connectivity index (χ3v) is 15.8. The molecule has 1 aliphatic rings. The normalized spacial score (nSPS) is 13.6. The second-order valence-electron chi connectivity index (χ2n) is 20.1. The minimum Gasteiger partial charge on any atom is -0.454 e. The molecule has 2 aromatic heterocycles. The van der Waals surface area contributed by atoms with E-state index in [1.165, 1.54) is 54.6 Å². The van der Waals surface area contributed by atoms with Crippen LogP contribution in [0.1, 0.15) is 49.3 Å². The van der Waals surface area contributed by atoms with Gasteiger partial charge < -0.3 is 18.6 Å². The first-order valence-corrected chi connectivity index (χ1v) is 25.5. The fraction of sp³-hybridized carbons (Fsp3) is 0.0725. The van der Waals surface area contributed by atoms with Gasteiger partial charge in [0.1, 0.15) is 11.2 Å². The number of hydrogen-bond acceptors (Lipinski definition) is 4. The van der Waals surface area contributed by atoms with E-state index in [1.807, 2.05) is 0 Å². The summed E-state index contributed by atoms with van der Waals surface area (Å²) in [7, 11) is 0. The quantitative estimate of drug-likeness (QED) is 0.156. The Balaban J connectivity index is 1.10. The molecular formula is C69H48N2O2. The van der Waals surface area contributed by atoms with Crippen molar-refractivity contribution in [3.63, 3.8) is 0 Å². The van der Waals surface area contributed by atoms with Crippen molar-refractivity contribution in [2.75, 3.05) is 9.80 Å². The van der Waals surface area contributed by atoms with Crippen LogP contribution in [-0.2, 0) is 0 Å². The van der Waals surface area contributed by atoms with Crippen molar-refractivity contribution in [1.29, 1.82) is 0 Å². The van der Waals surface area contributed by atoms with E-state index in [-0.39, 0.29) is 11.8 Å². The average Bonchev–Trinajstić information content (AvgIpc) is 4.03. The van der Waals surface area contributed by atoms with Crippen molar-refractivity contribution in [2.45, 2.75) is 32.6 Å². The smallest absolute Gasteiger partial charge is 0.159 e. The zero-order valence-corrected chi connectivity index (χ0v) is 40.7. The molecule has 12 aromatic carbocycles. The fourth-order valence-corrected chi connectivity index (χ4v) is 12.4. The Labute approximate surface area is 422 Å². The molecule has 0 fully saturated rings. The first kappa shape index (κ1) is 41.6. The van der Waals surface area contributed by atoms with E-state index >= 15 is 0 Å². The highest BCUT2D eigenvalue weighted by molar-refractivity contribution is 6.30. The highest BCUT2D eigenvalue weighted by atomic mass is 16.3. The second kappa shape index (κ2) is 15.9. The summed E-state index contributed by atoms with van der Waals surface area (Å²) in [6.45, 7) is 7.06. The Hall–Kier alpha value is -9.12. The van der Waals surface area contributed by atoms with Gasteiger partial charge in [-0.15, -0.1) is 0 Å². The summed E-state index contributed by atoms with van der Waals surface area (Å²) >= 11 is 0. The molecule has 0 radical (unpaired) electrons. The number of benzene rings is 12. The lowest BCUT2D eigenvalue weighted by molar-refractivity contribution is 0.669. The lowest BCUT2D eigenvalue weighted by Crippen LogP contribution is -2.15. The number of rotatable bonds is 6. The molecule has 4 heteroatoms. The van der Waals surface area contributed by atoms with Crippen LogP contribution in [0.5, 0.6) is 0 Å². The minimum atomic E-state index is 0.0707. The van der Waals surface area contributed by atoms with Crippen LogP contribution in [0.25, 0.3) is 98.4 Å². The minimum absolute atomic E-state index is 0.0707. The van der Waals surface area contributed by atoms with Gasteiger partial charge in [-0.1, -0.05) is 197 Å². The molecule has 0 aliphatic carbocycles. The molecule has 0 saturated heterocycles. The topological polar surface area (TPSA) is 32.8 Å². The molecule has 1 unspecified atom stereocenters. The number of furan rings is 2. The molecule has 1 aliphatic heterocycles. The van der Waals surface area contributed by atoms with Gasteiger partial charge in [-0.3, -0.25) is 0 Å². The van der Waals surface area contributed by atoms with Gasteiger partial charge in [-0.2, -0.15) is 0 Å². The van der Waals surface area contributed by atoms with Gasteiger partial charge in [0.15, 0.2) is 11.2 Å². The van der Waals surface area contributed by atoms with Gasteiger partial charge >= 0.3 is 0 Å². The van der Waals surface area contributed by atoms with Gasteiger partial charge in [0, 0.05) is 49.4 Å². The molecule has 4 nitrogen and oxygen atoms in total. The zero-order valence-electron chi connectivity index (χ0n) is 40.7. The molecule has 4 bridgehead atoms. The Kier molecular flexibility index (Phi) is 9.10. The SMILES string of the molecule is CC(C)c1cc(N(c2ccccc2-c2ccccc2)c2cccc3c2oc2ccccc23)c2ccc3c4cc(c5ccc1c2c35)N(c1cccc2c1oc1ccccc12)c1ccccc1-c1cccc(c1)C4C. The largest absolute Gasteiger partial charge is 0.454 e. The van der Waals surface area contributed by atoms with Gasteiger partial charge in [0.05, 0.1) is 34.1 Å². The fourth-order valence-electron chi connectivity index (χ4n) is 12.4. The summed E-state index contributed by atoms with van der Waals surface area (Å²) in [6.07, 6.45) is 0. The highest BCUT2D eigenvalue weighted by Crippen LogP contribution is 2.55. The summed E-state index contributed by atoms with van der Waals surface area (Å²) in [5, 5.41) is 11.8. The average molecular weight is 937 g/mol. The Bertz CT molecular complexity index is 4520. The van der Waals surface area contributed by atoms with Crippen molar-refractivity contribution >= 4 is 110 Å². The van der Waals surface area contributed by atoms with Crippen LogP contribution < -0.4 is 9.80 Å². The second-order valence-corrected chi connectivity index (χ2v) is 20.1. The Morgan fingerprint density at radius 2 is 0.973 bits per heavy atom. The van der Waals surface area contributed by atoms with Crippen LogP contribution >= 0.6 is 0 Å². The maximum atomic E-state index is 6.96. The van der Waals surface area contributed by atoms with Crippen LogP contribution in [0.15, 0.2) is 233 Å². The molecule has 73 heavy (non-hydrogen) atoms. The zero-order chi connectivity index (χ0) is 48.5. The van der Waals surface area contributed by atoms with Gasteiger partial charge in [-0.05, 0) is 104 Å². The molecule has 0 amide bonds. The molecule has 0 saturated carbocycles. The van der Waals surface area contributed by atoms with Crippen LogP contribution in [0.4, 0.5) is 34.1 Å². The summed E-state index contributed by atoms with van der Waals surface area (Å²) < 4.78 is 13.9. The molecule has 15 rings (SSSR count). The van der Waals surface area contributed by atoms with Crippen LogP contribution in [-0.4, -0.2) is 0 Å². The lowest BCUT2D eigenvalue weighted by atomic mass is 9.81. The molecule has 3 heterocycles. The monoisotopic (exact) mass is 936 g/mol. The highest BCUT2D eigenvalue weighted by Gasteiger charge is 2.31. The van der Waals surface area contributed by atoms with Crippen molar-refractivity contribution in [2.24, 2.45) is 0 Å². The number of nitrogens with zero attached hydrogens (tertiary/aromatic N) is 2. The predicted molar refractivity (Wildman–Crippen MR) is 307 cm³/mol. The first-order chi connectivity index (χ1) is 36.0. The van der Waals surface area contributed by atoms with Gasteiger partial charge in [0.25, 0.3) is 0 Å². The maximum absolute atomic E-state index is 6.96. The third kappa shape index (κ3) is 6.14. The van der Waals surface area contributed by atoms with E-state index in [4.69, 9.17) is 8.83 Å². The van der Waals surface area contributed by atoms with E-state index in [0.29, 0.717) is 0 Å². The van der Waals surface area contributed by atoms with Gasteiger partial charge in [-0.25, -0.2) is 0 Å². The summed E-state index contributed by atoms with van der Waals surface area (Å²) in [5.41, 5.74) is 18.3.